The molecule has 0 bridgehead atoms. The molecule has 0 atom stereocenters. The Morgan fingerprint density at radius 2 is 2.60 bits per heavy atom. The van der Waals surface area contributed by atoms with Gasteiger partial charge in [-0.15, -0.1) is 0 Å². The van der Waals surface area contributed by atoms with E-state index in [0.29, 0.717) is 6.61 Å². The van der Waals surface area contributed by atoms with Crippen molar-refractivity contribution in [1.29, 1.82) is 0 Å². The monoisotopic (exact) mass is 142 g/mol. The molecule has 4 heteroatoms. The molecular weight excluding hydrogens is 132 g/mol. The summed E-state index contributed by atoms with van der Waals surface area (Å²) in [5.74, 6) is 0. The van der Waals surface area contributed by atoms with Crippen molar-refractivity contribution in [3.63, 3.8) is 0 Å². The normalized spacial score (nSPS) is 10.1. The molecule has 1 heterocycles. The van der Waals surface area contributed by atoms with Crippen molar-refractivity contribution in [2.45, 2.75) is 6.42 Å². The molecule has 10 heavy (non-hydrogen) atoms. The lowest BCUT2D eigenvalue weighted by Gasteiger charge is -1.91. The zero-order valence-corrected chi connectivity index (χ0v) is 5.82. The van der Waals surface area contributed by atoms with E-state index in [2.05, 4.69) is 4.98 Å². The highest BCUT2D eigenvalue weighted by molar-refractivity contribution is 4.94. The van der Waals surface area contributed by atoms with E-state index in [0.717, 1.165) is 16.8 Å². The molecule has 0 aliphatic rings. The first-order valence-electron chi connectivity index (χ1n) is 3.04. The molecule has 0 spiro atoms. The molecular formula is C6H10N2O2. The molecule has 1 rings (SSSR count). The van der Waals surface area contributed by atoms with Crippen molar-refractivity contribution >= 4 is 0 Å². The van der Waals surface area contributed by atoms with Crippen LogP contribution in [0.15, 0.2) is 12.5 Å². The van der Waals surface area contributed by atoms with E-state index in [9.17, 15) is 0 Å². The second kappa shape index (κ2) is 3.22. The van der Waals surface area contributed by atoms with Gasteiger partial charge in [0, 0.05) is 13.5 Å². The molecule has 0 saturated carbocycles. The number of methoxy groups -OCH3 is 1. The van der Waals surface area contributed by atoms with Crippen LogP contribution >= 0.6 is 0 Å². The van der Waals surface area contributed by atoms with Gasteiger partial charge in [-0.25, -0.2) is 4.98 Å². The molecule has 0 aliphatic heterocycles. The first kappa shape index (κ1) is 7.08. The molecule has 0 saturated heterocycles. The zero-order valence-electron chi connectivity index (χ0n) is 5.82. The highest BCUT2D eigenvalue weighted by Gasteiger charge is 1.95. The minimum Gasteiger partial charge on any atom is -0.427 e. The van der Waals surface area contributed by atoms with Gasteiger partial charge in [0.05, 0.1) is 18.5 Å². The van der Waals surface area contributed by atoms with Crippen molar-refractivity contribution in [3.05, 3.63) is 18.2 Å². The fourth-order valence-corrected chi connectivity index (χ4v) is 0.688. The summed E-state index contributed by atoms with van der Waals surface area (Å²) >= 11 is 0. The van der Waals surface area contributed by atoms with E-state index in [1.165, 1.54) is 6.33 Å². The summed E-state index contributed by atoms with van der Waals surface area (Å²) < 4.78 is 5.76. The topological polar surface area (TPSA) is 47.3 Å². The summed E-state index contributed by atoms with van der Waals surface area (Å²) in [6.45, 7) is 0.636. The van der Waals surface area contributed by atoms with Crippen LogP contribution in [0.4, 0.5) is 0 Å². The minimum absolute atomic E-state index is 0.636. The van der Waals surface area contributed by atoms with Gasteiger partial charge >= 0.3 is 0 Å². The average molecular weight is 142 g/mol. The summed E-state index contributed by atoms with van der Waals surface area (Å²) in [4.78, 5) is 3.89. The Kier molecular flexibility index (Phi) is 2.28. The molecule has 4 nitrogen and oxygen atoms in total. The van der Waals surface area contributed by atoms with Crippen LogP contribution in [0, 0.1) is 0 Å². The van der Waals surface area contributed by atoms with Crippen molar-refractivity contribution in [3.8, 4) is 0 Å². The van der Waals surface area contributed by atoms with Gasteiger partial charge in [-0.2, -0.15) is 4.73 Å². The second-order valence-electron chi connectivity index (χ2n) is 1.99. The Bertz CT molecular complexity index is 197. The van der Waals surface area contributed by atoms with E-state index in [1.54, 1.807) is 13.3 Å². The molecule has 1 aromatic heterocycles. The van der Waals surface area contributed by atoms with Crippen LogP contribution in [0.25, 0.3) is 0 Å². The van der Waals surface area contributed by atoms with Crippen LogP contribution in [-0.4, -0.2) is 28.6 Å². The average Bonchev–Trinajstić information content (AvgIpc) is 2.31. The lowest BCUT2D eigenvalue weighted by atomic mass is 10.3. The molecule has 0 unspecified atom stereocenters. The number of rotatable bonds is 3. The predicted octanol–water partition coefficient (Wildman–Crippen LogP) is 0.309. The predicted molar refractivity (Wildman–Crippen MR) is 35.0 cm³/mol. The fraction of sp³-hybridized carbons (Fsp3) is 0.500. The highest BCUT2D eigenvalue weighted by atomic mass is 16.5. The summed E-state index contributed by atoms with van der Waals surface area (Å²) in [5.41, 5.74) is 0.837. The van der Waals surface area contributed by atoms with E-state index in [-0.39, 0.29) is 0 Å². The van der Waals surface area contributed by atoms with Crippen LogP contribution in [0.1, 0.15) is 5.69 Å². The Morgan fingerprint density at radius 3 is 3.10 bits per heavy atom. The molecule has 0 amide bonds. The van der Waals surface area contributed by atoms with Crippen molar-refractivity contribution < 1.29 is 9.94 Å². The number of nitrogens with zero attached hydrogens (tertiary/aromatic N) is 2. The maximum atomic E-state index is 8.77. The number of imidazole rings is 1. The molecule has 56 valence electrons. The Labute approximate surface area is 59.0 Å². The van der Waals surface area contributed by atoms with Crippen molar-refractivity contribution in [2.75, 3.05) is 13.7 Å². The molecule has 0 fully saturated rings. The van der Waals surface area contributed by atoms with Gasteiger partial charge in [-0.05, 0) is 0 Å². The Hall–Kier alpha value is -1.03. The highest BCUT2D eigenvalue weighted by Crippen LogP contribution is 1.94. The first-order chi connectivity index (χ1) is 4.83. The SMILES string of the molecule is COCCc1cn(O)cn1. The molecule has 0 aliphatic carbocycles. The van der Waals surface area contributed by atoms with Crippen LogP contribution in [0.3, 0.4) is 0 Å². The molecule has 0 radical (unpaired) electrons. The molecule has 0 aromatic carbocycles. The molecule has 1 N–H and O–H groups in total. The van der Waals surface area contributed by atoms with Gasteiger partial charge in [0.2, 0.25) is 0 Å². The Balaban J connectivity index is 2.42. The standard InChI is InChI=1S/C6H10N2O2/c1-10-3-2-6-4-8(9)5-7-6/h4-5,9H,2-3H2,1H3. The fourth-order valence-electron chi connectivity index (χ4n) is 0.688. The number of aromatic nitrogens is 2. The van der Waals surface area contributed by atoms with Gasteiger partial charge in [0.1, 0.15) is 6.33 Å². The number of ether oxygens (including phenoxy) is 1. The van der Waals surface area contributed by atoms with E-state index < -0.39 is 0 Å². The summed E-state index contributed by atoms with van der Waals surface area (Å²) in [5, 5.41) is 8.77. The summed E-state index contributed by atoms with van der Waals surface area (Å²) in [6, 6.07) is 0. The van der Waals surface area contributed by atoms with E-state index in [4.69, 9.17) is 9.94 Å². The quantitative estimate of drug-likeness (QED) is 0.618. The van der Waals surface area contributed by atoms with Crippen LogP contribution in [-0.2, 0) is 11.2 Å². The third-order valence-electron chi connectivity index (χ3n) is 1.19. The largest absolute Gasteiger partial charge is 0.427 e. The van der Waals surface area contributed by atoms with Crippen molar-refractivity contribution in [1.82, 2.24) is 9.71 Å². The summed E-state index contributed by atoms with van der Waals surface area (Å²) in [6.07, 6.45) is 3.65. The van der Waals surface area contributed by atoms with E-state index >= 15 is 0 Å². The van der Waals surface area contributed by atoms with Gasteiger partial charge in [-0.3, -0.25) is 0 Å². The first-order valence-corrected chi connectivity index (χ1v) is 3.04. The second-order valence-corrected chi connectivity index (χ2v) is 1.99. The number of hydrogen-bond donors (Lipinski definition) is 1. The smallest absolute Gasteiger partial charge is 0.131 e. The third-order valence-corrected chi connectivity index (χ3v) is 1.19. The van der Waals surface area contributed by atoms with Crippen LogP contribution in [0.2, 0.25) is 0 Å². The lowest BCUT2D eigenvalue weighted by molar-refractivity contribution is 0.184. The van der Waals surface area contributed by atoms with Crippen LogP contribution < -0.4 is 0 Å². The molecule has 1 aromatic rings. The minimum atomic E-state index is 0.636. The van der Waals surface area contributed by atoms with Gasteiger partial charge < -0.3 is 9.94 Å². The van der Waals surface area contributed by atoms with Gasteiger partial charge in [-0.1, -0.05) is 0 Å². The maximum Gasteiger partial charge on any atom is 0.131 e. The lowest BCUT2D eigenvalue weighted by Crippen LogP contribution is -1.93. The van der Waals surface area contributed by atoms with Gasteiger partial charge in [0.15, 0.2) is 0 Å². The van der Waals surface area contributed by atoms with E-state index in [1.807, 2.05) is 0 Å². The zero-order chi connectivity index (χ0) is 7.40. The summed E-state index contributed by atoms with van der Waals surface area (Å²) in [7, 11) is 1.63. The maximum absolute atomic E-state index is 8.77. The Morgan fingerprint density at radius 1 is 1.80 bits per heavy atom. The third kappa shape index (κ3) is 1.73. The number of hydrogen-bond acceptors (Lipinski definition) is 3. The van der Waals surface area contributed by atoms with Crippen LogP contribution in [0.5, 0.6) is 0 Å². The van der Waals surface area contributed by atoms with Crippen molar-refractivity contribution in [2.24, 2.45) is 0 Å². The van der Waals surface area contributed by atoms with Gasteiger partial charge in [0.25, 0.3) is 0 Å².